The summed E-state index contributed by atoms with van der Waals surface area (Å²) in [5.41, 5.74) is 0.718. The van der Waals surface area contributed by atoms with Crippen molar-refractivity contribution in [2.24, 2.45) is 5.92 Å². The van der Waals surface area contributed by atoms with E-state index >= 15 is 0 Å². The van der Waals surface area contributed by atoms with Crippen molar-refractivity contribution in [3.8, 4) is 0 Å². The van der Waals surface area contributed by atoms with Gasteiger partial charge in [0.1, 0.15) is 5.82 Å². The van der Waals surface area contributed by atoms with Crippen LogP contribution in [-0.2, 0) is 16.6 Å². The number of sulfonamides is 1. The Morgan fingerprint density at radius 3 is 2.55 bits per heavy atom. The zero-order valence-corrected chi connectivity index (χ0v) is 12.8. The molecule has 0 saturated heterocycles. The van der Waals surface area contributed by atoms with Crippen molar-refractivity contribution in [3.05, 3.63) is 29.1 Å². The van der Waals surface area contributed by atoms with Crippen molar-refractivity contribution in [3.63, 3.8) is 0 Å². The fourth-order valence-corrected chi connectivity index (χ4v) is 3.96. The maximum atomic E-state index is 13.9. The van der Waals surface area contributed by atoms with E-state index in [1.807, 2.05) is 0 Å². The minimum atomic E-state index is -3.57. The molecule has 1 aliphatic carbocycles. The van der Waals surface area contributed by atoms with Crippen molar-refractivity contribution in [1.82, 2.24) is 10.0 Å². The van der Waals surface area contributed by atoms with Gasteiger partial charge in [-0.2, -0.15) is 0 Å². The zero-order chi connectivity index (χ0) is 14.9. The van der Waals surface area contributed by atoms with Gasteiger partial charge in [-0.25, -0.2) is 17.5 Å². The van der Waals surface area contributed by atoms with E-state index in [1.54, 1.807) is 14.0 Å². The largest absolute Gasteiger partial charge is 0.316 e. The Balaban J connectivity index is 2.26. The van der Waals surface area contributed by atoms with E-state index in [0.29, 0.717) is 23.6 Å². The number of hydrogen-bond acceptors (Lipinski definition) is 3. The molecule has 0 aliphatic heterocycles. The zero-order valence-electron chi connectivity index (χ0n) is 12.0. The molecule has 0 bridgehead atoms. The molecule has 1 aliphatic rings. The lowest BCUT2D eigenvalue weighted by Gasteiger charge is -2.33. The third-order valence-corrected chi connectivity index (χ3v) is 5.18. The third kappa shape index (κ3) is 3.19. The summed E-state index contributed by atoms with van der Waals surface area (Å²) in [5.74, 6) is 0.216. The van der Waals surface area contributed by atoms with E-state index in [9.17, 15) is 12.8 Å². The van der Waals surface area contributed by atoms with E-state index in [1.165, 1.54) is 12.1 Å². The number of halogens is 1. The first kappa shape index (κ1) is 15.4. The Kier molecular flexibility index (Phi) is 4.46. The van der Waals surface area contributed by atoms with E-state index in [4.69, 9.17) is 0 Å². The van der Waals surface area contributed by atoms with E-state index < -0.39 is 10.0 Å². The van der Waals surface area contributed by atoms with Crippen LogP contribution in [0.25, 0.3) is 0 Å². The summed E-state index contributed by atoms with van der Waals surface area (Å²) < 4.78 is 41.2. The van der Waals surface area contributed by atoms with E-state index in [2.05, 4.69) is 17.0 Å². The summed E-state index contributed by atoms with van der Waals surface area (Å²) in [6, 6.07) is 2.80. The van der Waals surface area contributed by atoms with Crippen LogP contribution >= 0.6 is 0 Å². The van der Waals surface area contributed by atoms with Gasteiger partial charge in [-0.3, -0.25) is 0 Å². The summed E-state index contributed by atoms with van der Waals surface area (Å²) in [6.07, 6.45) is 1.73. The molecule has 0 unspecified atom stereocenters. The number of benzene rings is 1. The highest BCUT2D eigenvalue weighted by molar-refractivity contribution is 7.89. The molecule has 112 valence electrons. The molecular formula is C14H21FN2O2S. The SMILES string of the molecule is CNCc1cc(S(=O)(=O)NC2CC(C)C2)cc(C)c1F. The molecule has 1 fully saturated rings. The topological polar surface area (TPSA) is 58.2 Å². The van der Waals surface area contributed by atoms with Crippen LogP contribution in [0.15, 0.2) is 17.0 Å². The first-order valence-electron chi connectivity index (χ1n) is 6.79. The minimum absolute atomic E-state index is 0.00751. The Morgan fingerprint density at radius 1 is 1.35 bits per heavy atom. The van der Waals surface area contributed by atoms with Crippen LogP contribution in [0, 0.1) is 18.7 Å². The average molecular weight is 300 g/mol. The number of aryl methyl sites for hydroxylation is 1. The predicted molar refractivity (Wildman–Crippen MR) is 76.4 cm³/mol. The number of hydrogen-bond donors (Lipinski definition) is 2. The molecule has 0 spiro atoms. The Bertz CT molecular complexity index is 595. The monoisotopic (exact) mass is 300 g/mol. The summed E-state index contributed by atoms with van der Waals surface area (Å²) in [6.45, 7) is 3.98. The molecule has 0 atom stereocenters. The summed E-state index contributed by atoms with van der Waals surface area (Å²) in [7, 11) is -1.87. The smallest absolute Gasteiger partial charge is 0.240 e. The fourth-order valence-electron chi connectivity index (χ4n) is 2.57. The van der Waals surface area contributed by atoms with Gasteiger partial charge in [0.2, 0.25) is 10.0 Å². The van der Waals surface area contributed by atoms with Crippen molar-refractivity contribution >= 4 is 10.0 Å². The Hall–Kier alpha value is -0.980. The van der Waals surface area contributed by atoms with Gasteiger partial charge in [0.05, 0.1) is 4.90 Å². The second-order valence-electron chi connectivity index (χ2n) is 5.64. The van der Waals surface area contributed by atoms with Gasteiger partial charge < -0.3 is 5.32 Å². The third-order valence-electron chi connectivity index (χ3n) is 3.68. The van der Waals surface area contributed by atoms with Gasteiger partial charge >= 0.3 is 0 Å². The Morgan fingerprint density at radius 2 is 2.00 bits per heavy atom. The van der Waals surface area contributed by atoms with Gasteiger partial charge in [-0.1, -0.05) is 6.92 Å². The van der Waals surface area contributed by atoms with Gasteiger partial charge in [-0.15, -0.1) is 0 Å². The van der Waals surface area contributed by atoms with Gasteiger partial charge in [0.15, 0.2) is 0 Å². The Labute approximate surface area is 119 Å². The summed E-state index contributed by atoms with van der Waals surface area (Å²) >= 11 is 0. The summed E-state index contributed by atoms with van der Waals surface area (Å²) in [4.78, 5) is 0.140. The molecule has 0 amide bonds. The lowest BCUT2D eigenvalue weighted by Crippen LogP contribution is -2.43. The van der Waals surface area contributed by atoms with Gasteiger partial charge in [0, 0.05) is 18.2 Å². The van der Waals surface area contributed by atoms with Crippen molar-refractivity contribution in [2.45, 2.75) is 44.2 Å². The minimum Gasteiger partial charge on any atom is -0.316 e. The lowest BCUT2D eigenvalue weighted by molar-refractivity contribution is 0.270. The van der Waals surface area contributed by atoms with Crippen molar-refractivity contribution < 1.29 is 12.8 Å². The highest BCUT2D eigenvalue weighted by Gasteiger charge is 2.30. The quantitative estimate of drug-likeness (QED) is 0.873. The van der Waals surface area contributed by atoms with Gasteiger partial charge in [-0.05, 0) is 50.4 Å². The van der Waals surface area contributed by atoms with E-state index in [-0.39, 0.29) is 16.8 Å². The molecule has 20 heavy (non-hydrogen) atoms. The van der Waals surface area contributed by atoms with Crippen LogP contribution < -0.4 is 10.0 Å². The predicted octanol–water partition coefficient (Wildman–Crippen LogP) is 1.93. The molecule has 6 heteroatoms. The molecule has 0 radical (unpaired) electrons. The van der Waals surface area contributed by atoms with Crippen LogP contribution in [0.1, 0.15) is 30.9 Å². The maximum Gasteiger partial charge on any atom is 0.240 e. The fraction of sp³-hybridized carbons (Fsp3) is 0.571. The number of nitrogens with one attached hydrogen (secondary N) is 2. The second-order valence-corrected chi connectivity index (χ2v) is 7.35. The maximum absolute atomic E-state index is 13.9. The highest BCUT2D eigenvalue weighted by atomic mass is 32.2. The molecule has 0 heterocycles. The molecule has 1 aromatic rings. The first-order valence-corrected chi connectivity index (χ1v) is 8.27. The highest BCUT2D eigenvalue weighted by Crippen LogP contribution is 2.28. The standard InChI is InChI=1S/C14H21FN2O2S/c1-9-4-12(5-9)17-20(18,19)13-6-10(2)14(15)11(7-13)8-16-3/h6-7,9,12,16-17H,4-5,8H2,1-3H3. The van der Waals surface area contributed by atoms with Crippen LogP contribution in [0.3, 0.4) is 0 Å². The molecule has 1 aromatic carbocycles. The molecule has 1 saturated carbocycles. The molecular weight excluding hydrogens is 279 g/mol. The number of rotatable bonds is 5. The lowest BCUT2D eigenvalue weighted by atomic mass is 9.83. The first-order chi connectivity index (χ1) is 9.33. The molecule has 4 nitrogen and oxygen atoms in total. The van der Waals surface area contributed by atoms with Crippen molar-refractivity contribution in [2.75, 3.05) is 7.05 Å². The van der Waals surface area contributed by atoms with Crippen LogP contribution in [0.2, 0.25) is 0 Å². The second kappa shape index (κ2) is 5.79. The molecule has 0 aromatic heterocycles. The van der Waals surface area contributed by atoms with E-state index in [0.717, 1.165) is 12.8 Å². The normalized spacial score (nSPS) is 22.6. The van der Waals surface area contributed by atoms with Crippen molar-refractivity contribution in [1.29, 1.82) is 0 Å². The van der Waals surface area contributed by atoms with Crippen LogP contribution in [0.5, 0.6) is 0 Å². The summed E-state index contributed by atoms with van der Waals surface area (Å²) in [5, 5.41) is 2.84. The van der Waals surface area contributed by atoms with Crippen LogP contribution in [0.4, 0.5) is 4.39 Å². The average Bonchev–Trinajstić information content (AvgIpc) is 2.32. The van der Waals surface area contributed by atoms with Crippen LogP contribution in [-0.4, -0.2) is 21.5 Å². The van der Waals surface area contributed by atoms with Gasteiger partial charge in [0.25, 0.3) is 0 Å². The molecule has 2 rings (SSSR count). The molecule has 2 N–H and O–H groups in total.